The first-order valence-electron chi connectivity index (χ1n) is 7.99. The number of phenolic OH excluding ortho intramolecular Hbond substituents is 2. The quantitative estimate of drug-likeness (QED) is 0.903. The fourth-order valence-electron chi connectivity index (χ4n) is 3.35. The molecule has 3 rings (SSSR count). The van der Waals surface area contributed by atoms with Gasteiger partial charge in [-0.1, -0.05) is 6.07 Å². The van der Waals surface area contributed by atoms with E-state index in [0.29, 0.717) is 11.5 Å². The first kappa shape index (κ1) is 16.5. The van der Waals surface area contributed by atoms with Crippen LogP contribution in [0.4, 0.5) is 0 Å². The number of hydrogen-bond donors (Lipinski definition) is 2. The molecule has 2 N–H and O–H groups in total. The number of methoxy groups -OCH3 is 2. The molecule has 0 radical (unpaired) electrons. The maximum absolute atomic E-state index is 10.0. The normalized spacial score (nSPS) is 17.4. The number of aromatic hydroxyl groups is 2. The van der Waals surface area contributed by atoms with E-state index in [1.54, 1.807) is 20.3 Å². The number of hydrogen-bond acceptors (Lipinski definition) is 5. The molecular formula is C19H23NO4. The number of benzene rings is 2. The summed E-state index contributed by atoms with van der Waals surface area (Å²) in [7, 11) is 5.22. The van der Waals surface area contributed by atoms with Gasteiger partial charge in [-0.15, -0.1) is 0 Å². The Kier molecular flexibility index (Phi) is 4.53. The van der Waals surface area contributed by atoms with E-state index in [4.69, 9.17) is 9.47 Å². The lowest BCUT2D eigenvalue weighted by Crippen LogP contribution is -2.33. The van der Waals surface area contributed by atoms with Crippen molar-refractivity contribution in [2.45, 2.75) is 18.9 Å². The fraction of sp³-hybridized carbons (Fsp3) is 0.368. The second kappa shape index (κ2) is 6.61. The van der Waals surface area contributed by atoms with Crippen LogP contribution in [0.3, 0.4) is 0 Å². The van der Waals surface area contributed by atoms with E-state index in [-0.39, 0.29) is 17.5 Å². The summed E-state index contributed by atoms with van der Waals surface area (Å²) < 4.78 is 10.5. The molecule has 0 unspecified atom stereocenters. The van der Waals surface area contributed by atoms with Crippen molar-refractivity contribution in [3.05, 3.63) is 47.0 Å². The zero-order valence-corrected chi connectivity index (χ0v) is 14.2. The zero-order valence-electron chi connectivity index (χ0n) is 14.2. The Hall–Kier alpha value is -2.40. The van der Waals surface area contributed by atoms with Gasteiger partial charge in [0.15, 0.2) is 23.0 Å². The van der Waals surface area contributed by atoms with Crippen LogP contribution in [-0.2, 0) is 12.8 Å². The SMILES string of the molecule is COc1cc(C[C@@H]2c3cc(OC)c(O)cc3CCN2C)ccc1O. The van der Waals surface area contributed by atoms with Crippen LogP contribution in [0, 0.1) is 0 Å². The highest BCUT2D eigenvalue weighted by atomic mass is 16.5. The Morgan fingerprint density at radius 1 is 1.04 bits per heavy atom. The first-order chi connectivity index (χ1) is 11.5. The smallest absolute Gasteiger partial charge is 0.160 e. The van der Waals surface area contributed by atoms with Gasteiger partial charge in [0.1, 0.15) is 0 Å². The van der Waals surface area contributed by atoms with Crippen molar-refractivity contribution in [1.82, 2.24) is 4.90 Å². The molecule has 0 aliphatic carbocycles. The average molecular weight is 329 g/mol. The molecule has 0 saturated carbocycles. The summed E-state index contributed by atoms with van der Waals surface area (Å²) in [4.78, 5) is 2.30. The molecule has 128 valence electrons. The number of phenols is 2. The second-order valence-corrected chi connectivity index (χ2v) is 6.18. The molecule has 24 heavy (non-hydrogen) atoms. The van der Waals surface area contributed by atoms with E-state index >= 15 is 0 Å². The van der Waals surface area contributed by atoms with Gasteiger partial charge in [-0.25, -0.2) is 0 Å². The molecule has 0 bridgehead atoms. The molecule has 1 heterocycles. The van der Waals surface area contributed by atoms with Crippen LogP contribution >= 0.6 is 0 Å². The van der Waals surface area contributed by atoms with Crippen molar-refractivity contribution < 1.29 is 19.7 Å². The molecule has 0 spiro atoms. The van der Waals surface area contributed by atoms with Crippen molar-refractivity contribution in [2.75, 3.05) is 27.8 Å². The summed E-state index contributed by atoms with van der Waals surface area (Å²) in [5, 5.41) is 19.8. The lowest BCUT2D eigenvalue weighted by Gasteiger charge is -2.35. The third-order valence-corrected chi connectivity index (χ3v) is 4.74. The minimum atomic E-state index is 0.144. The third-order valence-electron chi connectivity index (χ3n) is 4.74. The van der Waals surface area contributed by atoms with E-state index < -0.39 is 0 Å². The molecule has 0 amide bonds. The minimum absolute atomic E-state index is 0.144. The molecule has 1 aliphatic rings. The third kappa shape index (κ3) is 2.99. The molecule has 0 saturated heterocycles. The van der Waals surface area contributed by atoms with Crippen LogP contribution in [0.1, 0.15) is 22.7 Å². The van der Waals surface area contributed by atoms with Gasteiger partial charge < -0.3 is 19.7 Å². The van der Waals surface area contributed by atoms with E-state index in [0.717, 1.165) is 30.5 Å². The number of rotatable bonds is 4. The van der Waals surface area contributed by atoms with Gasteiger partial charge in [0.25, 0.3) is 0 Å². The molecule has 2 aromatic carbocycles. The van der Waals surface area contributed by atoms with Crippen molar-refractivity contribution in [2.24, 2.45) is 0 Å². The standard InChI is InChI=1S/C19H23NO4/c1-20-7-6-13-10-17(22)19(24-3)11-14(13)15(20)8-12-4-5-16(21)18(9-12)23-2/h4-5,9-11,15,21-22H,6-8H2,1-3H3/t15-/m1/s1. The van der Waals surface area contributed by atoms with Crippen LogP contribution in [0.2, 0.25) is 0 Å². The number of fused-ring (bicyclic) bond motifs is 1. The fourth-order valence-corrected chi connectivity index (χ4v) is 3.35. The highest BCUT2D eigenvalue weighted by Gasteiger charge is 2.27. The van der Waals surface area contributed by atoms with Gasteiger partial charge in [-0.2, -0.15) is 0 Å². The Morgan fingerprint density at radius 3 is 2.46 bits per heavy atom. The predicted octanol–water partition coefficient (Wildman–Crippen LogP) is 2.89. The molecule has 5 heteroatoms. The molecule has 1 aliphatic heterocycles. The Bertz CT molecular complexity index is 744. The van der Waals surface area contributed by atoms with Gasteiger partial charge in [-0.05, 0) is 60.8 Å². The van der Waals surface area contributed by atoms with Crippen molar-refractivity contribution in [3.63, 3.8) is 0 Å². The van der Waals surface area contributed by atoms with E-state index in [9.17, 15) is 10.2 Å². The van der Waals surface area contributed by atoms with Crippen LogP contribution in [-0.4, -0.2) is 42.9 Å². The molecule has 0 aromatic heterocycles. The largest absolute Gasteiger partial charge is 0.504 e. The van der Waals surface area contributed by atoms with Gasteiger partial charge in [-0.3, -0.25) is 4.90 Å². The maximum Gasteiger partial charge on any atom is 0.160 e. The highest BCUT2D eigenvalue weighted by Crippen LogP contribution is 2.39. The summed E-state index contributed by atoms with van der Waals surface area (Å²) in [6, 6.07) is 9.37. The van der Waals surface area contributed by atoms with Crippen molar-refractivity contribution in [3.8, 4) is 23.0 Å². The number of likely N-dealkylation sites (N-methyl/N-ethyl adjacent to an activating group) is 1. The van der Waals surface area contributed by atoms with Gasteiger partial charge in [0.05, 0.1) is 14.2 Å². The lowest BCUT2D eigenvalue weighted by atomic mass is 9.88. The molecule has 2 aromatic rings. The van der Waals surface area contributed by atoms with Crippen LogP contribution in [0.15, 0.2) is 30.3 Å². The van der Waals surface area contributed by atoms with Gasteiger partial charge in [0.2, 0.25) is 0 Å². The van der Waals surface area contributed by atoms with Gasteiger partial charge >= 0.3 is 0 Å². The summed E-state index contributed by atoms with van der Waals surface area (Å²) in [5.41, 5.74) is 3.41. The van der Waals surface area contributed by atoms with Crippen molar-refractivity contribution >= 4 is 0 Å². The average Bonchev–Trinajstić information content (AvgIpc) is 2.58. The van der Waals surface area contributed by atoms with Crippen LogP contribution in [0.25, 0.3) is 0 Å². The van der Waals surface area contributed by atoms with E-state index in [2.05, 4.69) is 11.9 Å². The summed E-state index contributed by atoms with van der Waals surface area (Å²) in [5.74, 6) is 1.31. The Balaban J connectivity index is 1.96. The number of nitrogens with zero attached hydrogens (tertiary/aromatic N) is 1. The highest BCUT2D eigenvalue weighted by molar-refractivity contribution is 5.49. The van der Waals surface area contributed by atoms with E-state index in [1.807, 2.05) is 24.3 Å². The molecule has 0 fully saturated rings. The first-order valence-corrected chi connectivity index (χ1v) is 7.99. The Labute approximate surface area is 142 Å². The second-order valence-electron chi connectivity index (χ2n) is 6.18. The monoisotopic (exact) mass is 329 g/mol. The Morgan fingerprint density at radius 2 is 1.75 bits per heavy atom. The summed E-state index contributed by atoms with van der Waals surface area (Å²) >= 11 is 0. The summed E-state index contributed by atoms with van der Waals surface area (Å²) in [6.45, 7) is 0.929. The van der Waals surface area contributed by atoms with Crippen molar-refractivity contribution in [1.29, 1.82) is 0 Å². The van der Waals surface area contributed by atoms with Crippen LogP contribution in [0.5, 0.6) is 23.0 Å². The predicted molar refractivity (Wildman–Crippen MR) is 92.1 cm³/mol. The molecule has 5 nitrogen and oxygen atoms in total. The zero-order chi connectivity index (χ0) is 17.3. The lowest BCUT2D eigenvalue weighted by molar-refractivity contribution is 0.228. The number of ether oxygens (including phenoxy) is 2. The minimum Gasteiger partial charge on any atom is -0.504 e. The van der Waals surface area contributed by atoms with Crippen LogP contribution < -0.4 is 9.47 Å². The molecule has 1 atom stereocenters. The maximum atomic E-state index is 10.0. The summed E-state index contributed by atoms with van der Waals surface area (Å²) in [6.07, 6.45) is 1.69. The topological polar surface area (TPSA) is 62.2 Å². The molecular weight excluding hydrogens is 306 g/mol. The van der Waals surface area contributed by atoms with E-state index in [1.165, 1.54) is 5.56 Å². The van der Waals surface area contributed by atoms with Gasteiger partial charge in [0, 0.05) is 12.6 Å².